The fourth-order valence-corrected chi connectivity index (χ4v) is 2.05. The molecule has 1 heterocycles. The van der Waals surface area contributed by atoms with Gasteiger partial charge >= 0.3 is 0 Å². The molecular weight excluding hydrogens is 148 g/mol. The summed E-state index contributed by atoms with van der Waals surface area (Å²) in [6, 6.07) is 0.790. The van der Waals surface area contributed by atoms with Gasteiger partial charge in [-0.2, -0.15) is 0 Å². The summed E-state index contributed by atoms with van der Waals surface area (Å²) in [5, 5.41) is 6.97. The van der Waals surface area contributed by atoms with Gasteiger partial charge in [0.2, 0.25) is 0 Å². The molecule has 1 aliphatic carbocycles. The third-order valence-electron chi connectivity index (χ3n) is 3.54. The summed E-state index contributed by atoms with van der Waals surface area (Å²) in [5.74, 6) is 0.904. The molecule has 0 spiro atoms. The van der Waals surface area contributed by atoms with Crippen LogP contribution in [0.2, 0.25) is 0 Å². The first-order valence-electron chi connectivity index (χ1n) is 5.12. The van der Waals surface area contributed by atoms with Crippen LogP contribution in [0.1, 0.15) is 26.7 Å². The minimum atomic E-state index is 0.567. The van der Waals surface area contributed by atoms with Gasteiger partial charge in [0, 0.05) is 25.7 Å². The first kappa shape index (κ1) is 8.52. The summed E-state index contributed by atoms with van der Waals surface area (Å²) in [5.41, 5.74) is 0.567. The average Bonchev–Trinajstić information content (AvgIpc) is 1.92. The molecule has 1 atom stereocenters. The molecule has 1 saturated carbocycles. The molecule has 1 unspecified atom stereocenters. The van der Waals surface area contributed by atoms with E-state index in [1.807, 2.05) is 0 Å². The Bertz CT molecular complexity index is 161. The fraction of sp³-hybridized carbons (Fsp3) is 1.00. The number of nitrogens with one attached hydrogen (secondary N) is 2. The minimum Gasteiger partial charge on any atom is -0.316 e. The minimum absolute atomic E-state index is 0.567. The molecule has 0 radical (unpaired) electrons. The molecule has 2 fully saturated rings. The van der Waals surface area contributed by atoms with E-state index in [2.05, 4.69) is 24.5 Å². The van der Waals surface area contributed by atoms with E-state index in [0.29, 0.717) is 5.41 Å². The first-order chi connectivity index (χ1) is 5.68. The van der Waals surface area contributed by atoms with Crippen molar-refractivity contribution < 1.29 is 0 Å². The van der Waals surface area contributed by atoms with Crippen molar-refractivity contribution in [2.45, 2.75) is 32.7 Å². The van der Waals surface area contributed by atoms with Crippen molar-refractivity contribution in [3.8, 4) is 0 Å². The van der Waals surface area contributed by atoms with Crippen molar-refractivity contribution >= 4 is 0 Å². The van der Waals surface area contributed by atoms with E-state index in [-0.39, 0.29) is 0 Å². The van der Waals surface area contributed by atoms with Crippen molar-refractivity contribution in [1.29, 1.82) is 0 Å². The smallest absolute Gasteiger partial charge is 0.0119 e. The highest BCUT2D eigenvalue weighted by Crippen LogP contribution is 2.39. The third kappa shape index (κ3) is 1.50. The van der Waals surface area contributed by atoms with E-state index in [1.165, 1.54) is 32.5 Å². The van der Waals surface area contributed by atoms with E-state index in [0.717, 1.165) is 12.0 Å². The Morgan fingerprint density at radius 3 is 2.50 bits per heavy atom. The van der Waals surface area contributed by atoms with Crippen LogP contribution < -0.4 is 10.6 Å². The van der Waals surface area contributed by atoms with Crippen molar-refractivity contribution in [3.05, 3.63) is 0 Å². The predicted molar refractivity (Wildman–Crippen MR) is 51.2 cm³/mol. The van der Waals surface area contributed by atoms with Crippen molar-refractivity contribution in [2.24, 2.45) is 11.3 Å². The topological polar surface area (TPSA) is 24.1 Å². The second-order valence-electron chi connectivity index (χ2n) is 5.01. The van der Waals surface area contributed by atoms with Gasteiger partial charge in [-0.25, -0.2) is 0 Å². The Morgan fingerprint density at radius 1 is 1.42 bits per heavy atom. The zero-order valence-electron chi connectivity index (χ0n) is 8.19. The molecule has 1 saturated heterocycles. The van der Waals surface area contributed by atoms with Gasteiger partial charge in [0.15, 0.2) is 0 Å². The van der Waals surface area contributed by atoms with E-state index < -0.39 is 0 Å². The van der Waals surface area contributed by atoms with Gasteiger partial charge in [-0.1, -0.05) is 13.8 Å². The average molecular weight is 168 g/mol. The van der Waals surface area contributed by atoms with Crippen LogP contribution in [0.25, 0.3) is 0 Å². The van der Waals surface area contributed by atoms with Crippen molar-refractivity contribution in [3.63, 3.8) is 0 Å². The molecule has 2 rings (SSSR count). The quantitative estimate of drug-likeness (QED) is 0.656. The molecule has 2 nitrogen and oxygen atoms in total. The third-order valence-corrected chi connectivity index (χ3v) is 3.54. The number of hydrogen-bond acceptors (Lipinski definition) is 2. The molecule has 70 valence electrons. The summed E-state index contributed by atoms with van der Waals surface area (Å²) in [6.07, 6.45) is 2.78. The van der Waals surface area contributed by atoms with Crippen LogP contribution in [-0.2, 0) is 0 Å². The monoisotopic (exact) mass is 168 g/mol. The molecule has 2 N–H and O–H groups in total. The maximum absolute atomic E-state index is 3.67. The van der Waals surface area contributed by atoms with Crippen molar-refractivity contribution in [2.75, 3.05) is 19.6 Å². The lowest BCUT2D eigenvalue weighted by molar-refractivity contribution is 0.101. The molecule has 0 bridgehead atoms. The summed E-state index contributed by atoms with van der Waals surface area (Å²) >= 11 is 0. The second kappa shape index (κ2) is 3.00. The molecule has 0 aromatic carbocycles. The highest BCUT2D eigenvalue weighted by Gasteiger charge is 2.38. The molecule has 0 aromatic heterocycles. The maximum Gasteiger partial charge on any atom is 0.0119 e. The summed E-state index contributed by atoms with van der Waals surface area (Å²) in [7, 11) is 0. The van der Waals surface area contributed by atoms with Gasteiger partial charge < -0.3 is 10.6 Å². The van der Waals surface area contributed by atoms with Crippen LogP contribution in [0.15, 0.2) is 0 Å². The Labute approximate surface area is 75.1 Å². The Morgan fingerprint density at radius 2 is 2.17 bits per heavy atom. The lowest BCUT2D eigenvalue weighted by Crippen LogP contribution is -2.55. The van der Waals surface area contributed by atoms with Gasteiger partial charge in [0.05, 0.1) is 0 Å². The van der Waals surface area contributed by atoms with Gasteiger partial charge in [-0.15, -0.1) is 0 Å². The number of hydrogen-bond donors (Lipinski definition) is 2. The van der Waals surface area contributed by atoms with E-state index in [4.69, 9.17) is 0 Å². The predicted octanol–water partition coefficient (Wildman–Crippen LogP) is 0.984. The van der Waals surface area contributed by atoms with E-state index >= 15 is 0 Å². The first-order valence-corrected chi connectivity index (χ1v) is 5.12. The van der Waals surface area contributed by atoms with Gasteiger partial charge in [-0.3, -0.25) is 0 Å². The molecule has 0 aromatic rings. The SMILES string of the molecule is CC1(C)CCC1NCC1CNC1. The molecular formula is C10H20N2. The summed E-state index contributed by atoms with van der Waals surface area (Å²) in [6.45, 7) is 8.40. The lowest BCUT2D eigenvalue weighted by atomic mass is 9.67. The Kier molecular flexibility index (Phi) is 2.13. The molecule has 2 heteroatoms. The van der Waals surface area contributed by atoms with Crippen LogP contribution in [0.5, 0.6) is 0 Å². The van der Waals surface area contributed by atoms with Crippen LogP contribution in [-0.4, -0.2) is 25.7 Å². The normalized spacial score (nSPS) is 34.0. The van der Waals surface area contributed by atoms with Crippen LogP contribution in [0.3, 0.4) is 0 Å². The van der Waals surface area contributed by atoms with Crippen LogP contribution in [0, 0.1) is 11.3 Å². The molecule has 2 aliphatic rings. The molecule has 1 aliphatic heterocycles. The molecule has 0 amide bonds. The van der Waals surface area contributed by atoms with E-state index in [9.17, 15) is 0 Å². The second-order valence-corrected chi connectivity index (χ2v) is 5.01. The van der Waals surface area contributed by atoms with Crippen LogP contribution >= 0.6 is 0 Å². The highest BCUT2D eigenvalue weighted by molar-refractivity contribution is 4.94. The van der Waals surface area contributed by atoms with Gasteiger partial charge in [0.1, 0.15) is 0 Å². The van der Waals surface area contributed by atoms with Gasteiger partial charge in [-0.05, 0) is 24.2 Å². The largest absolute Gasteiger partial charge is 0.316 e. The lowest BCUT2D eigenvalue weighted by Gasteiger charge is -2.46. The zero-order chi connectivity index (χ0) is 8.60. The van der Waals surface area contributed by atoms with Crippen molar-refractivity contribution in [1.82, 2.24) is 10.6 Å². The zero-order valence-corrected chi connectivity index (χ0v) is 8.19. The standard InChI is InChI=1S/C10H20N2/c1-10(2)4-3-9(10)12-7-8-5-11-6-8/h8-9,11-12H,3-7H2,1-2H3. The number of rotatable bonds is 3. The Balaban J connectivity index is 1.66. The fourth-order valence-electron chi connectivity index (χ4n) is 2.05. The highest BCUT2D eigenvalue weighted by atomic mass is 15.0. The maximum atomic E-state index is 3.67. The molecule has 12 heavy (non-hydrogen) atoms. The Hall–Kier alpha value is -0.0800. The van der Waals surface area contributed by atoms with Gasteiger partial charge in [0.25, 0.3) is 0 Å². The van der Waals surface area contributed by atoms with E-state index in [1.54, 1.807) is 0 Å². The summed E-state index contributed by atoms with van der Waals surface area (Å²) < 4.78 is 0. The summed E-state index contributed by atoms with van der Waals surface area (Å²) in [4.78, 5) is 0. The van der Waals surface area contributed by atoms with Crippen LogP contribution in [0.4, 0.5) is 0 Å².